The number of nitrogen functional groups attached to an aromatic ring is 1. The molecule has 2 rings (SSSR count). The normalized spacial score (nSPS) is 11.0. The zero-order chi connectivity index (χ0) is 15.6. The maximum absolute atomic E-state index is 6.04. The average molecular weight is 290 g/mol. The summed E-state index contributed by atoms with van der Waals surface area (Å²) in [5.41, 5.74) is 9.72. The van der Waals surface area contributed by atoms with Crippen LogP contribution in [0.1, 0.15) is 30.8 Å². The molecular formula is C14H22N6O. The molecule has 0 aromatic carbocycles. The minimum absolute atomic E-state index is 0.0119. The number of aromatic nitrogens is 4. The first-order valence-corrected chi connectivity index (χ1v) is 6.90. The van der Waals surface area contributed by atoms with Gasteiger partial charge in [0.25, 0.3) is 0 Å². The van der Waals surface area contributed by atoms with Crippen LogP contribution in [0.3, 0.4) is 0 Å². The Morgan fingerprint density at radius 1 is 1.33 bits per heavy atom. The van der Waals surface area contributed by atoms with Crippen molar-refractivity contribution in [2.75, 3.05) is 11.1 Å². The number of nitrogens with one attached hydrogen (secondary N) is 1. The highest BCUT2D eigenvalue weighted by atomic mass is 16.5. The van der Waals surface area contributed by atoms with Gasteiger partial charge in [-0.25, -0.2) is 4.98 Å². The van der Waals surface area contributed by atoms with Crippen molar-refractivity contribution in [3.05, 3.63) is 23.3 Å². The minimum atomic E-state index is 0.0119. The lowest BCUT2D eigenvalue weighted by Gasteiger charge is -2.13. The van der Waals surface area contributed by atoms with Gasteiger partial charge in [0, 0.05) is 24.8 Å². The SMILES string of the molecule is Cc1nn(C)c(C)c1CNc1ncnc(OC(C)C)c1N. The molecule has 0 spiro atoms. The van der Waals surface area contributed by atoms with Crippen molar-refractivity contribution in [3.63, 3.8) is 0 Å². The van der Waals surface area contributed by atoms with Gasteiger partial charge in [0.1, 0.15) is 12.0 Å². The Morgan fingerprint density at radius 2 is 2.05 bits per heavy atom. The van der Waals surface area contributed by atoms with Crippen LogP contribution in [0.25, 0.3) is 0 Å². The first-order chi connectivity index (χ1) is 9.90. The van der Waals surface area contributed by atoms with Crippen LogP contribution >= 0.6 is 0 Å². The molecule has 0 amide bonds. The zero-order valence-corrected chi connectivity index (χ0v) is 13.1. The summed E-state index contributed by atoms with van der Waals surface area (Å²) >= 11 is 0. The van der Waals surface area contributed by atoms with Crippen LogP contribution < -0.4 is 15.8 Å². The Kier molecular flexibility index (Phi) is 4.30. The minimum Gasteiger partial charge on any atom is -0.473 e. The summed E-state index contributed by atoms with van der Waals surface area (Å²) in [5.74, 6) is 0.977. The summed E-state index contributed by atoms with van der Waals surface area (Å²) in [6, 6.07) is 0. The van der Waals surface area contributed by atoms with Crippen molar-refractivity contribution in [3.8, 4) is 5.88 Å². The highest BCUT2D eigenvalue weighted by Gasteiger charge is 2.13. The van der Waals surface area contributed by atoms with E-state index in [9.17, 15) is 0 Å². The third kappa shape index (κ3) is 3.24. The number of ether oxygens (including phenoxy) is 1. The van der Waals surface area contributed by atoms with Crippen LogP contribution in [0.4, 0.5) is 11.5 Å². The van der Waals surface area contributed by atoms with E-state index < -0.39 is 0 Å². The maximum Gasteiger partial charge on any atom is 0.242 e. The fourth-order valence-electron chi connectivity index (χ4n) is 2.08. The topological polar surface area (TPSA) is 90.9 Å². The number of nitrogens with two attached hydrogens (primary N) is 1. The highest BCUT2D eigenvalue weighted by Crippen LogP contribution is 2.26. The number of aryl methyl sites for hydroxylation is 2. The summed E-state index contributed by atoms with van der Waals surface area (Å²) in [6.45, 7) is 8.48. The highest BCUT2D eigenvalue weighted by molar-refractivity contribution is 5.66. The molecule has 0 saturated heterocycles. The standard InChI is InChI=1S/C14H22N6O/c1-8(2)21-14-12(15)13(17-7-18-14)16-6-11-9(3)19-20(5)10(11)4/h7-8H,6,15H2,1-5H3,(H,16,17,18). The number of rotatable bonds is 5. The fraction of sp³-hybridized carbons (Fsp3) is 0.500. The third-order valence-electron chi connectivity index (χ3n) is 3.29. The van der Waals surface area contributed by atoms with E-state index in [4.69, 9.17) is 10.5 Å². The molecule has 0 radical (unpaired) electrons. The molecule has 21 heavy (non-hydrogen) atoms. The molecule has 0 atom stereocenters. The summed E-state index contributed by atoms with van der Waals surface area (Å²) in [6.07, 6.45) is 1.46. The second kappa shape index (κ2) is 5.99. The van der Waals surface area contributed by atoms with Crippen molar-refractivity contribution >= 4 is 11.5 Å². The first-order valence-electron chi connectivity index (χ1n) is 6.90. The molecule has 0 aliphatic carbocycles. The molecule has 2 aromatic rings. The molecule has 0 aliphatic heterocycles. The molecule has 2 aromatic heterocycles. The van der Waals surface area contributed by atoms with E-state index in [1.165, 1.54) is 6.33 Å². The Morgan fingerprint density at radius 3 is 2.62 bits per heavy atom. The number of anilines is 2. The summed E-state index contributed by atoms with van der Waals surface area (Å²) in [7, 11) is 1.93. The summed E-state index contributed by atoms with van der Waals surface area (Å²) in [5, 5.41) is 7.62. The Hall–Kier alpha value is -2.31. The van der Waals surface area contributed by atoms with Crippen LogP contribution in [-0.4, -0.2) is 25.9 Å². The molecule has 0 aliphatic rings. The van der Waals surface area contributed by atoms with Gasteiger partial charge in [-0.05, 0) is 27.7 Å². The summed E-state index contributed by atoms with van der Waals surface area (Å²) in [4.78, 5) is 8.23. The van der Waals surface area contributed by atoms with Crippen molar-refractivity contribution in [2.45, 2.75) is 40.3 Å². The zero-order valence-electron chi connectivity index (χ0n) is 13.1. The quantitative estimate of drug-likeness (QED) is 0.872. The van der Waals surface area contributed by atoms with Gasteiger partial charge in [0.05, 0.1) is 11.8 Å². The smallest absolute Gasteiger partial charge is 0.242 e. The van der Waals surface area contributed by atoms with Gasteiger partial charge in [-0.15, -0.1) is 0 Å². The third-order valence-corrected chi connectivity index (χ3v) is 3.29. The predicted octanol–water partition coefficient (Wildman–Crippen LogP) is 1.81. The predicted molar refractivity (Wildman–Crippen MR) is 82.2 cm³/mol. The molecule has 114 valence electrons. The molecule has 0 unspecified atom stereocenters. The largest absolute Gasteiger partial charge is 0.473 e. The van der Waals surface area contributed by atoms with Crippen molar-refractivity contribution < 1.29 is 4.74 Å². The van der Waals surface area contributed by atoms with E-state index in [-0.39, 0.29) is 6.10 Å². The van der Waals surface area contributed by atoms with E-state index in [1.54, 1.807) is 0 Å². The van der Waals surface area contributed by atoms with Crippen LogP contribution in [0, 0.1) is 13.8 Å². The Bertz CT molecular complexity index is 635. The maximum atomic E-state index is 6.04. The van der Waals surface area contributed by atoms with Crippen LogP contribution in [0.15, 0.2) is 6.33 Å². The molecule has 0 bridgehead atoms. The van der Waals surface area contributed by atoms with Crippen LogP contribution in [-0.2, 0) is 13.6 Å². The first kappa shape index (κ1) is 15.1. The van der Waals surface area contributed by atoms with Gasteiger partial charge in [0.2, 0.25) is 5.88 Å². The molecule has 7 heteroatoms. The van der Waals surface area contributed by atoms with Crippen molar-refractivity contribution in [1.29, 1.82) is 0 Å². The van der Waals surface area contributed by atoms with Crippen molar-refractivity contribution in [1.82, 2.24) is 19.7 Å². The second-order valence-electron chi connectivity index (χ2n) is 5.23. The fourth-order valence-corrected chi connectivity index (χ4v) is 2.08. The van der Waals surface area contributed by atoms with E-state index in [1.807, 2.05) is 39.4 Å². The van der Waals surface area contributed by atoms with E-state index in [0.717, 1.165) is 17.0 Å². The Labute approximate surface area is 124 Å². The van der Waals surface area contributed by atoms with Crippen molar-refractivity contribution in [2.24, 2.45) is 7.05 Å². The lowest BCUT2D eigenvalue weighted by molar-refractivity contribution is 0.234. The average Bonchev–Trinajstić information content (AvgIpc) is 2.65. The van der Waals surface area contributed by atoms with Gasteiger partial charge < -0.3 is 15.8 Å². The monoisotopic (exact) mass is 290 g/mol. The van der Waals surface area contributed by atoms with Gasteiger partial charge in [-0.2, -0.15) is 10.1 Å². The van der Waals surface area contributed by atoms with Gasteiger partial charge >= 0.3 is 0 Å². The molecular weight excluding hydrogens is 268 g/mol. The Balaban J connectivity index is 2.17. The lowest BCUT2D eigenvalue weighted by atomic mass is 10.2. The molecule has 0 saturated carbocycles. The molecule has 7 nitrogen and oxygen atoms in total. The molecule has 2 heterocycles. The molecule has 3 N–H and O–H groups in total. The number of nitrogens with zero attached hydrogens (tertiary/aromatic N) is 4. The van der Waals surface area contributed by atoms with Gasteiger partial charge in [-0.1, -0.05) is 0 Å². The second-order valence-corrected chi connectivity index (χ2v) is 5.23. The van der Waals surface area contributed by atoms with E-state index >= 15 is 0 Å². The van der Waals surface area contributed by atoms with E-state index in [2.05, 4.69) is 20.4 Å². The molecule has 0 fully saturated rings. The van der Waals surface area contributed by atoms with Crippen LogP contribution in [0.5, 0.6) is 5.88 Å². The van der Waals surface area contributed by atoms with Gasteiger partial charge in [0.15, 0.2) is 5.82 Å². The number of hydrogen-bond acceptors (Lipinski definition) is 6. The van der Waals surface area contributed by atoms with Gasteiger partial charge in [-0.3, -0.25) is 4.68 Å². The van der Waals surface area contributed by atoms with E-state index in [0.29, 0.717) is 23.9 Å². The lowest BCUT2D eigenvalue weighted by Crippen LogP contribution is -2.12. The van der Waals surface area contributed by atoms with Crippen LogP contribution in [0.2, 0.25) is 0 Å². The summed E-state index contributed by atoms with van der Waals surface area (Å²) < 4.78 is 7.42. The number of hydrogen-bond donors (Lipinski definition) is 2.